The lowest BCUT2D eigenvalue weighted by atomic mass is 9.97. The molecule has 1 atom stereocenters. The maximum absolute atomic E-state index is 12.9. The fraction of sp³-hybridized carbons (Fsp3) is 0.167. The van der Waals surface area contributed by atoms with Crippen LogP contribution in [0.1, 0.15) is 35.2 Å². The van der Waals surface area contributed by atoms with Gasteiger partial charge in [-0.1, -0.05) is 73.1 Å². The van der Waals surface area contributed by atoms with E-state index in [0.29, 0.717) is 28.4 Å². The van der Waals surface area contributed by atoms with Gasteiger partial charge in [0.15, 0.2) is 0 Å². The highest BCUT2D eigenvalue weighted by Gasteiger charge is 2.21. The maximum atomic E-state index is 12.9. The predicted molar refractivity (Wildman–Crippen MR) is 119 cm³/mol. The molecule has 0 spiro atoms. The summed E-state index contributed by atoms with van der Waals surface area (Å²) >= 11 is 6.14. The molecule has 29 heavy (non-hydrogen) atoms. The Morgan fingerprint density at radius 1 is 0.931 bits per heavy atom. The number of hydrogen-bond acceptors (Lipinski definition) is 2. The van der Waals surface area contributed by atoms with Crippen LogP contribution in [0.15, 0.2) is 78.9 Å². The molecule has 3 aromatic carbocycles. The van der Waals surface area contributed by atoms with Crippen LogP contribution in [-0.2, 0) is 4.79 Å². The second-order valence-electron chi connectivity index (χ2n) is 6.92. The van der Waals surface area contributed by atoms with Gasteiger partial charge in [-0.05, 0) is 35.7 Å². The number of rotatable bonds is 6. The fourth-order valence-electron chi connectivity index (χ4n) is 3.14. The normalized spacial score (nSPS) is 11.6. The first-order valence-corrected chi connectivity index (χ1v) is 9.81. The third-order valence-corrected chi connectivity index (χ3v) is 5.19. The van der Waals surface area contributed by atoms with E-state index in [1.807, 2.05) is 43.3 Å². The van der Waals surface area contributed by atoms with E-state index in [2.05, 4.69) is 5.32 Å². The summed E-state index contributed by atoms with van der Waals surface area (Å²) < 4.78 is 0. The minimum atomic E-state index is -0.315. The molecule has 3 rings (SSSR count). The van der Waals surface area contributed by atoms with Crippen molar-refractivity contribution in [3.63, 3.8) is 0 Å². The molecule has 4 nitrogen and oxygen atoms in total. The van der Waals surface area contributed by atoms with Gasteiger partial charge >= 0.3 is 0 Å². The number of halogens is 1. The van der Waals surface area contributed by atoms with Crippen LogP contribution < -0.4 is 10.2 Å². The second-order valence-corrected chi connectivity index (χ2v) is 7.33. The van der Waals surface area contributed by atoms with Gasteiger partial charge in [0.1, 0.15) is 0 Å². The Kier molecular flexibility index (Phi) is 6.68. The van der Waals surface area contributed by atoms with Crippen molar-refractivity contribution in [3.8, 4) is 0 Å². The van der Waals surface area contributed by atoms with Crippen molar-refractivity contribution >= 4 is 34.8 Å². The van der Waals surface area contributed by atoms with Crippen molar-refractivity contribution < 1.29 is 9.59 Å². The molecule has 5 heteroatoms. The van der Waals surface area contributed by atoms with Gasteiger partial charge in [0, 0.05) is 13.5 Å². The lowest BCUT2D eigenvalue weighted by Crippen LogP contribution is -2.29. The summed E-state index contributed by atoms with van der Waals surface area (Å²) in [7, 11) is 1.70. The average Bonchev–Trinajstić information content (AvgIpc) is 2.75. The van der Waals surface area contributed by atoms with Crippen LogP contribution in [0.3, 0.4) is 0 Å². The van der Waals surface area contributed by atoms with E-state index < -0.39 is 0 Å². The number of carbonyl (C=O) groups is 2. The molecule has 0 aliphatic carbocycles. The Bertz CT molecular complexity index is 1000. The molecule has 0 fully saturated rings. The molecule has 1 N–H and O–H groups in total. The summed E-state index contributed by atoms with van der Waals surface area (Å²) in [5, 5.41) is 3.28. The number of anilines is 2. The number of benzene rings is 3. The Balaban J connectivity index is 1.77. The smallest absolute Gasteiger partial charge is 0.257 e. The lowest BCUT2D eigenvalue weighted by Gasteiger charge is -2.22. The zero-order valence-corrected chi connectivity index (χ0v) is 17.2. The van der Waals surface area contributed by atoms with Gasteiger partial charge in [0.25, 0.3) is 5.91 Å². The highest BCUT2D eigenvalue weighted by atomic mass is 35.5. The van der Waals surface area contributed by atoms with E-state index in [1.54, 1.807) is 54.4 Å². The van der Waals surface area contributed by atoms with Crippen molar-refractivity contribution in [2.45, 2.75) is 19.3 Å². The van der Waals surface area contributed by atoms with E-state index in [4.69, 9.17) is 11.6 Å². The average molecular weight is 407 g/mol. The molecule has 0 saturated carbocycles. The Morgan fingerprint density at radius 2 is 1.55 bits per heavy atom. The topological polar surface area (TPSA) is 49.4 Å². The Labute approximate surface area is 176 Å². The molecule has 148 valence electrons. The third-order valence-electron chi connectivity index (χ3n) is 4.86. The van der Waals surface area contributed by atoms with Gasteiger partial charge in [-0.3, -0.25) is 9.59 Å². The van der Waals surface area contributed by atoms with Crippen LogP contribution in [0.25, 0.3) is 0 Å². The number of para-hydroxylation sites is 2. The highest BCUT2D eigenvalue weighted by Crippen LogP contribution is 2.26. The first kappa shape index (κ1) is 20.6. The molecule has 0 unspecified atom stereocenters. The largest absolute Gasteiger partial charge is 0.321 e. The number of amides is 2. The predicted octanol–water partition coefficient (Wildman–Crippen LogP) is 5.75. The first-order valence-electron chi connectivity index (χ1n) is 9.43. The van der Waals surface area contributed by atoms with Crippen LogP contribution in [0.4, 0.5) is 11.4 Å². The van der Waals surface area contributed by atoms with E-state index in [1.165, 1.54) is 0 Å². The third kappa shape index (κ3) is 5.04. The first-order chi connectivity index (χ1) is 14.0. The van der Waals surface area contributed by atoms with Gasteiger partial charge < -0.3 is 10.2 Å². The highest BCUT2D eigenvalue weighted by molar-refractivity contribution is 6.34. The van der Waals surface area contributed by atoms with Gasteiger partial charge in [0.05, 0.1) is 22.0 Å². The summed E-state index contributed by atoms with van der Waals surface area (Å²) in [5.41, 5.74) is 2.61. The standard InChI is InChI=1S/C24H23ClN2O2/c1-17(18-10-4-3-5-11-18)16-23(28)27(2)22-15-9-6-12-19(22)24(29)26-21-14-8-7-13-20(21)25/h3-15,17H,16H2,1-2H3,(H,26,29)/t17-/m0/s1. The Morgan fingerprint density at radius 3 is 2.28 bits per heavy atom. The van der Waals surface area contributed by atoms with Crippen molar-refractivity contribution in [2.24, 2.45) is 0 Å². The summed E-state index contributed by atoms with van der Waals surface area (Å²) in [6.45, 7) is 2.02. The number of carbonyl (C=O) groups excluding carboxylic acids is 2. The monoisotopic (exact) mass is 406 g/mol. The van der Waals surface area contributed by atoms with Crippen molar-refractivity contribution in [3.05, 3.63) is 95.0 Å². The van der Waals surface area contributed by atoms with E-state index >= 15 is 0 Å². The SMILES string of the molecule is C[C@@H](CC(=O)N(C)c1ccccc1C(=O)Nc1ccccc1Cl)c1ccccc1. The molecule has 3 aromatic rings. The van der Waals surface area contributed by atoms with Crippen LogP contribution in [-0.4, -0.2) is 18.9 Å². The van der Waals surface area contributed by atoms with Gasteiger partial charge in [-0.25, -0.2) is 0 Å². The molecular formula is C24H23ClN2O2. The van der Waals surface area contributed by atoms with Gasteiger partial charge in [0.2, 0.25) is 5.91 Å². The van der Waals surface area contributed by atoms with Gasteiger partial charge in [-0.15, -0.1) is 0 Å². The van der Waals surface area contributed by atoms with E-state index in [-0.39, 0.29) is 17.7 Å². The minimum Gasteiger partial charge on any atom is -0.321 e. The van der Waals surface area contributed by atoms with Crippen molar-refractivity contribution in [1.82, 2.24) is 0 Å². The second kappa shape index (κ2) is 9.39. The minimum absolute atomic E-state index is 0.0562. The van der Waals surface area contributed by atoms with Crippen LogP contribution in [0.5, 0.6) is 0 Å². The summed E-state index contributed by atoms with van der Waals surface area (Å²) in [6.07, 6.45) is 0.348. The van der Waals surface area contributed by atoms with Crippen molar-refractivity contribution in [1.29, 1.82) is 0 Å². The molecule has 0 bridgehead atoms. The van der Waals surface area contributed by atoms with Crippen LogP contribution >= 0.6 is 11.6 Å². The van der Waals surface area contributed by atoms with Crippen LogP contribution in [0.2, 0.25) is 5.02 Å². The van der Waals surface area contributed by atoms with Crippen LogP contribution in [0, 0.1) is 0 Å². The van der Waals surface area contributed by atoms with E-state index in [0.717, 1.165) is 5.56 Å². The molecule has 0 saturated heterocycles. The van der Waals surface area contributed by atoms with E-state index in [9.17, 15) is 9.59 Å². The molecular weight excluding hydrogens is 384 g/mol. The summed E-state index contributed by atoms with van der Waals surface area (Å²) in [4.78, 5) is 27.3. The fourth-order valence-corrected chi connectivity index (χ4v) is 3.33. The summed E-state index contributed by atoms with van der Waals surface area (Å²) in [6, 6.07) is 24.0. The molecule has 0 aromatic heterocycles. The lowest BCUT2D eigenvalue weighted by molar-refractivity contribution is -0.118. The summed E-state index contributed by atoms with van der Waals surface area (Å²) in [5.74, 6) is -0.293. The maximum Gasteiger partial charge on any atom is 0.257 e. The van der Waals surface area contributed by atoms with Crippen molar-refractivity contribution in [2.75, 3.05) is 17.3 Å². The zero-order chi connectivity index (χ0) is 20.8. The zero-order valence-electron chi connectivity index (χ0n) is 16.4. The molecule has 0 heterocycles. The number of nitrogens with zero attached hydrogens (tertiary/aromatic N) is 1. The quantitative estimate of drug-likeness (QED) is 0.566. The number of hydrogen-bond donors (Lipinski definition) is 1. The molecule has 0 aliphatic heterocycles. The number of nitrogens with one attached hydrogen (secondary N) is 1. The molecule has 0 aliphatic rings. The molecule has 0 radical (unpaired) electrons. The Hall–Kier alpha value is -3.11. The molecule has 2 amide bonds. The van der Waals surface area contributed by atoms with Gasteiger partial charge in [-0.2, -0.15) is 0 Å².